The average Bonchev–Trinajstić information content (AvgIpc) is 2.70. The maximum Gasteiger partial charge on any atom is 0.265 e. The molecule has 0 saturated carbocycles. The quantitative estimate of drug-likeness (QED) is 0.548. The number of alkyl halides is 2. The molecule has 0 fully saturated rings. The molecule has 8 heteroatoms. The molecule has 3 aromatic rings. The molecule has 0 unspecified atom stereocenters. The van der Waals surface area contributed by atoms with Crippen molar-refractivity contribution in [2.24, 2.45) is 0 Å². The lowest BCUT2D eigenvalue weighted by atomic mass is 10.1. The molecule has 1 amide bonds. The Bertz CT molecular complexity index is 1050. The van der Waals surface area contributed by atoms with Gasteiger partial charge in [-0.25, -0.2) is 9.37 Å². The van der Waals surface area contributed by atoms with Gasteiger partial charge in [0.1, 0.15) is 17.0 Å². The highest BCUT2D eigenvalue weighted by Crippen LogP contribution is 2.15. The predicted molar refractivity (Wildman–Crippen MR) is 109 cm³/mol. The second kappa shape index (κ2) is 9.17. The number of rotatable bonds is 7. The van der Waals surface area contributed by atoms with Crippen LogP contribution in [0.15, 0.2) is 53.5 Å². The van der Waals surface area contributed by atoms with E-state index in [1.807, 2.05) is 0 Å². The van der Waals surface area contributed by atoms with Crippen LogP contribution < -0.4 is 5.56 Å². The molecule has 0 N–H and O–H groups in total. The molecule has 0 spiro atoms. The number of hydrogen-bond acceptors (Lipinski definition) is 3. The molecule has 2 aromatic heterocycles. The third-order valence-corrected chi connectivity index (χ3v) is 4.70. The number of carbonyl (C=O) groups is 1. The standard InChI is InChI=1S/C20H18Cl2FN3O2/c21-7-10-25(11-8-22)19(27)16-12-14-5-3-9-24-18(14)26(20(16)28)13-15-4-1-2-6-17(15)23/h1-6,9,12H,7-8,10-11,13H2. The van der Waals surface area contributed by atoms with Gasteiger partial charge in [0, 0.05) is 42.0 Å². The van der Waals surface area contributed by atoms with E-state index >= 15 is 0 Å². The van der Waals surface area contributed by atoms with Gasteiger partial charge in [-0.3, -0.25) is 14.2 Å². The number of benzene rings is 1. The molecule has 0 saturated heterocycles. The maximum atomic E-state index is 14.2. The Morgan fingerprint density at radius 1 is 1.11 bits per heavy atom. The molecule has 1 aromatic carbocycles. The summed E-state index contributed by atoms with van der Waals surface area (Å²) in [5.74, 6) is -0.442. The first-order valence-corrected chi connectivity index (χ1v) is 9.77. The van der Waals surface area contributed by atoms with E-state index in [1.54, 1.807) is 36.5 Å². The summed E-state index contributed by atoms with van der Waals surface area (Å²) in [6.45, 7) is 0.501. The van der Waals surface area contributed by atoms with Crippen molar-refractivity contribution in [2.75, 3.05) is 24.8 Å². The van der Waals surface area contributed by atoms with Crippen LogP contribution in [0.5, 0.6) is 0 Å². The zero-order valence-electron chi connectivity index (χ0n) is 14.9. The van der Waals surface area contributed by atoms with Crippen molar-refractivity contribution in [3.63, 3.8) is 0 Å². The van der Waals surface area contributed by atoms with E-state index in [0.29, 0.717) is 16.6 Å². The monoisotopic (exact) mass is 421 g/mol. The molecule has 0 atom stereocenters. The third-order valence-electron chi connectivity index (χ3n) is 4.36. The molecule has 5 nitrogen and oxygen atoms in total. The largest absolute Gasteiger partial charge is 0.336 e. The van der Waals surface area contributed by atoms with E-state index in [9.17, 15) is 14.0 Å². The van der Waals surface area contributed by atoms with Crippen LogP contribution in [0.3, 0.4) is 0 Å². The van der Waals surface area contributed by atoms with E-state index in [1.165, 1.54) is 21.6 Å². The van der Waals surface area contributed by atoms with Gasteiger partial charge in [-0.2, -0.15) is 0 Å². The molecule has 146 valence electrons. The van der Waals surface area contributed by atoms with Crippen molar-refractivity contribution in [2.45, 2.75) is 6.54 Å². The lowest BCUT2D eigenvalue weighted by molar-refractivity contribution is 0.0773. The topological polar surface area (TPSA) is 55.2 Å². The van der Waals surface area contributed by atoms with Gasteiger partial charge < -0.3 is 4.90 Å². The van der Waals surface area contributed by atoms with Crippen molar-refractivity contribution < 1.29 is 9.18 Å². The fourth-order valence-electron chi connectivity index (χ4n) is 2.99. The number of nitrogens with zero attached hydrogens (tertiary/aromatic N) is 3. The van der Waals surface area contributed by atoms with Crippen molar-refractivity contribution in [1.82, 2.24) is 14.5 Å². The second-order valence-electron chi connectivity index (χ2n) is 6.13. The van der Waals surface area contributed by atoms with Gasteiger partial charge >= 0.3 is 0 Å². The number of fused-ring (bicyclic) bond motifs is 1. The maximum absolute atomic E-state index is 14.2. The molecule has 28 heavy (non-hydrogen) atoms. The summed E-state index contributed by atoms with van der Waals surface area (Å²) in [5, 5.41) is 0.610. The first-order valence-electron chi connectivity index (χ1n) is 8.70. The molecule has 0 radical (unpaired) electrons. The lowest BCUT2D eigenvalue weighted by Gasteiger charge is -2.21. The van der Waals surface area contributed by atoms with E-state index in [2.05, 4.69) is 4.98 Å². The molecule has 0 aliphatic carbocycles. The molecule has 2 heterocycles. The van der Waals surface area contributed by atoms with E-state index in [-0.39, 0.29) is 37.0 Å². The van der Waals surface area contributed by atoms with Crippen LogP contribution in [0.2, 0.25) is 0 Å². The number of pyridine rings is 2. The Hall–Kier alpha value is -2.44. The second-order valence-corrected chi connectivity index (χ2v) is 6.88. The minimum absolute atomic E-state index is 0.0212. The highest BCUT2D eigenvalue weighted by molar-refractivity contribution is 6.18. The highest BCUT2D eigenvalue weighted by atomic mass is 35.5. The molecule has 0 aliphatic heterocycles. The summed E-state index contributed by atoms with van der Waals surface area (Å²) in [7, 11) is 0. The lowest BCUT2D eigenvalue weighted by Crippen LogP contribution is -2.39. The third kappa shape index (κ3) is 4.18. The van der Waals surface area contributed by atoms with Crippen LogP contribution in [-0.2, 0) is 6.54 Å². The van der Waals surface area contributed by atoms with Crippen molar-refractivity contribution in [3.05, 3.63) is 76.0 Å². The van der Waals surface area contributed by atoms with Crippen LogP contribution in [0, 0.1) is 5.82 Å². The molecular formula is C20H18Cl2FN3O2. The van der Waals surface area contributed by atoms with Gasteiger partial charge in [0.25, 0.3) is 11.5 Å². The number of carbonyl (C=O) groups excluding carboxylic acids is 1. The van der Waals surface area contributed by atoms with Crippen molar-refractivity contribution in [3.8, 4) is 0 Å². The molecular weight excluding hydrogens is 404 g/mol. The Morgan fingerprint density at radius 3 is 2.50 bits per heavy atom. The predicted octanol–water partition coefficient (Wildman–Crippen LogP) is 3.50. The SMILES string of the molecule is O=C(c1cc2cccnc2n(Cc2ccccc2F)c1=O)N(CCCl)CCCl. The van der Waals surface area contributed by atoms with Gasteiger partial charge in [0.05, 0.1) is 6.54 Å². The van der Waals surface area contributed by atoms with E-state index in [4.69, 9.17) is 23.2 Å². The summed E-state index contributed by atoms with van der Waals surface area (Å²) in [5.41, 5.74) is 0.161. The Balaban J connectivity index is 2.15. The van der Waals surface area contributed by atoms with Crippen molar-refractivity contribution >= 4 is 40.1 Å². The number of aromatic nitrogens is 2. The minimum atomic E-state index is -0.534. The van der Waals surface area contributed by atoms with Crippen LogP contribution >= 0.6 is 23.2 Å². The summed E-state index contributed by atoms with van der Waals surface area (Å²) in [4.78, 5) is 31.8. The van der Waals surface area contributed by atoms with Gasteiger partial charge in [0.15, 0.2) is 0 Å². The van der Waals surface area contributed by atoms with E-state index < -0.39 is 17.3 Å². The van der Waals surface area contributed by atoms with Crippen molar-refractivity contribution in [1.29, 1.82) is 0 Å². The number of hydrogen-bond donors (Lipinski definition) is 0. The number of halogens is 3. The highest BCUT2D eigenvalue weighted by Gasteiger charge is 2.21. The Labute approximate surface area is 171 Å². The van der Waals surface area contributed by atoms with Crippen LogP contribution in [0.4, 0.5) is 4.39 Å². The smallest absolute Gasteiger partial charge is 0.265 e. The first-order chi connectivity index (χ1) is 13.6. The van der Waals surface area contributed by atoms with Crippen LogP contribution in [0.25, 0.3) is 11.0 Å². The summed E-state index contributed by atoms with van der Waals surface area (Å²) in [6.07, 6.45) is 1.55. The summed E-state index contributed by atoms with van der Waals surface area (Å²) >= 11 is 11.6. The van der Waals surface area contributed by atoms with Gasteiger partial charge in [-0.05, 0) is 24.3 Å². The van der Waals surface area contributed by atoms with E-state index in [0.717, 1.165) is 0 Å². The van der Waals surface area contributed by atoms with Crippen LogP contribution in [-0.4, -0.2) is 45.2 Å². The van der Waals surface area contributed by atoms with Gasteiger partial charge in [-0.15, -0.1) is 23.2 Å². The minimum Gasteiger partial charge on any atom is -0.336 e. The summed E-state index contributed by atoms with van der Waals surface area (Å²) < 4.78 is 15.5. The Morgan fingerprint density at radius 2 is 1.82 bits per heavy atom. The molecule has 0 bridgehead atoms. The summed E-state index contributed by atoms with van der Waals surface area (Å²) in [6, 6.07) is 11.2. The molecule has 3 rings (SSSR count). The fourth-order valence-corrected chi connectivity index (χ4v) is 3.40. The zero-order chi connectivity index (χ0) is 20.1. The normalized spacial score (nSPS) is 11.0. The zero-order valence-corrected chi connectivity index (χ0v) is 16.5. The molecule has 0 aliphatic rings. The first kappa shape index (κ1) is 20.3. The van der Waals surface area contributed by atoms with Gasteiger partial charge in [0.2, 0.25) is 0 Å². The Kier molecular flexibility index (Phi) is 6.65. The van der Waals surface area contributed by atoms with Gasteiger partial charge in [-0.1, -0.05) is 18.2 Å². The average molecular weight is 422 g/mol. The number of amides is 1. The fraction of sp³-hybridized carbons (Fsp3) is 0.250. The van der Waals surface area contributed by atoms with Crippen LogP contribution in [0.1, 0.15) is 15.9 Å².